The molecular weight excluding hydrogens is 213 g/mol. The molecule has 0 atom stereocenters. The zero-order chi connectivity index (χ0) is 10.8. The van der Waals surface area contributed by atoms with E-state index in [4.69, 9.17) is 11.6 Å². The Labute approximate surface area is 92.5 Å². The average Bonchev–Trinajstić information content (AvgIpc) is 2.23. The minimum absolute atomic E-state index is 0.467. The molecule has 15 heavy (non-hydrogen) atoms. The Kier molecular flexibility index (Phi) is 2.69. The van der Waals surface area contributed by atoms with Crippen molar-refractivity contribution in [2.24, 2.45) is 0 Å². The van der Waals surface area contributed by atoms with Crippen LogP contribution in [0.15, 0.2) is 36.5 Å². The van der Waals surface area contributed by atoms with Gasteiger partial charge in [-0.25, -0.2) is 4.98 Å². The van der Waals surface area contributed by atoms with Crippen LogP contribution in [0, 0.1) is 12.9 Å². The molecule has 0 amide bonds. The second-order valence-corrected chi connectivity index (χ2v) is 3.77. The summed E-state index contributed by atoms with van der Waals surface area (Å²) in [6, 6.07) is 8.73. The lowest BCUT2D eigenvalue weighted by molar-refractivity contribution is 0.583. The molecule has 3 heteroatoms. The Bertz CT molecular complexity index is 479. The summed E-state index contributed by atoms with van der Waals surface area (Å²) in [6.45, 7) is 1.90. The van der Waals surface area contributed by atoms with E-state index in [1.807, 2.05) is 19.1 Å². The Morgan fingerprint density at radius 2 is 1.87 bits per heavy atom. The molecule has 0 spiro atoms. The third-order valence-electron chi connectivity index (χ3n) is 2.23. The molecule has 0 unspecified atom stereocenters. The van der Waals surface area contributed by atoms with Crippen molar-refractivity contribution in [1.29, 1.82) is 0 Å². The van der Waals surface area contributed by atoms with Gasteiger partial charge in [0.1, 0.15) is 0 Å². The van der Waals surface area contributed by atoms with Gasteiger partial charge in [0.05, 0.1) is 0 Å². The van der Waals surface area contributed by atoms with E-state index in [2.05, 4.69) is 4.98 Å². The standard InChI is InChI=1S/C12H9ClFN/c1-8-7-15-12(14)6-11(8)9-2-4-10(13)5-3-9/h2-7H,1H3. The predicted molar refractivity (Wildman–Crippen MR) is 59.4 cm³/mol. The molecule has 1 heterocycles. The molecule has 2 aromatic rings. The van der Waals surface area contributed by atoms with Gasteiger partial charge in [-0.05, 0) is 35.7 Å². The molecule has 0 saturated carbocycles. The smallest absolute Gasteiger partial charge is 0.213 e. The summed E-state index contributed by atoms with van der Waals surface area (Å²) in [6.07, 6.45) is 1.53. The fourth-order valence-corrected chi connectivity index (χ4v) is 1.56. The third-order valence-corrected chi connectivity index (χ3v) is 2.48. The maximum absolute atomic E-state index is 13.0. The number of hydrogen-bond acceptors (Lipinski definition) is 1. The first kappa shape index (κ1) is 10.1. The molecule has 0 N–H and O–H groups in total. The van der Waals surface area contributed by atoms with Crippen LogP contribution in [0.2, 0.25) is 5.02 Å². The van der Waals surface area contributed by atoms with Gasteiger partial charge >= 0.3 is 0 Å². The normalized spacial score (nSPS) is 10.3. The van der Waals surface area contributed by atoms with E-state index in [0.717, 1.165) is 16.7 Å². The molecular formula is C12H9ClFN. The first-order chi connectivity index (χ1) is 7.16. The lowest BCUT2D eigenvalue weighted by Gasteiger charge is -2.05. The monoisotopic (exact) mass is 221 g/mol. The molecule has 0 radical (unpaired) electrons. The van der Waals surface area contributed by atoms with Gasteiger partial charge in [0.2, 0.25) is 5.95 Å². The first-order valence-corrected chi connectivity index (χ1v) is 4.93. The second-order valence-electron chi connectivity index (χ2n) is 3.33. The number of rotatable bonds is 1. The molecule has 0 aliphatic heterocycles. The lowest BCUT2D eigenvalue weighted by Crippen LogP contribution is -1.88. The summed E-state index contributed by atoms with van der Waals surface area (Å²) in [7, 11) is 0. The topological polar surface area (TPSA) is 12.9 Å². The van der Waals surface area contributed by atoms with Gasteiger partial charge in [-0.2, -0.15) is 4.39 Å². The Hall–Kier alpha value is -1.41. The molecule has 0 saturated heterocycles. The quantitative estimate of drug-likeness (QED) is 0.667. The van der Waals surface area contributed by atoms with Crippen molar-refractivity contribution in [2.45, 2.75) is 6.92 Å². The molecule has 0 aliphatic rings. The maximum atomic E-state index is 13.0. The van der Waals surface area contributed by atoms with Crippen LogP contribution in [0.1, 0.15) is 5.56 Å². The number of nitrogens with zero attached hydrogens (tertiary/aromatic N) is 1. The van der Waals surface area contributed by atoms with E-state index in [1.165, 1.54) is 12.3 Å². The van der Waals surface area contributed by atoms with Crippen molar-refractivity contribution in [3.63, 3.8) is 0 Å². The number of benzene rings is 1. The lowest BCUT2D eigenvalue weighted by atomic mass is 10.0. The molecule has 1 aromatic carbocycles. The number of hydrogen-bond donors (Lipinski definition) is 0. The van der Waals surface area contributed by atoms with Crippen LogP contribution >= 0.6 is 11.6 Å². The maximum Gasteiger partial charge on any atom is 0.213 e. The van der Waals surface area contributed by atoms with E-state index in [1.54, 1.807) is 12.1 Å². The SMILES string of the molecule is Cc1cnc(F)cc1-c1ccc(Cl)cc1. The van der Waals surface area contributed by atoms with Gasteiger partial charge in [-0.1, -0.05) is 23.7 Å². The van der Waals surface area contributed by atoms with Crippen LogP contribution in [0.4, 0.5) is 4.39 Å². The van der Waals surface area contributed by atoms with Gasteiger partial charge in [0, 0.05) is 17.3 Å². The zero-order valence-electron chi connectivity index (χ0n) is 8.17. The molecule has 1 nitrogen and oxygen atoms in total. The predicted octanol–water partition coefficient (Wildman–Crippen LogP) is 3.85. The summed E-state index contributed by atoms with van der Waals surface area (Å²) in [5, 5.41) is 0.672. The minimum atomic E-state index is -0.467. The number of halogens is 2. The highest BCUT2D eigenvalue weighted by Gasteiger charge is 2.03. The molecule has 76 valence electrons. The Morgan fingerprint density at radius 3 is 2.53 bits per heavy atom. The van der Waals surface area contributed by atoms with Crippen molar-refractivity contribution >= 4 is 11.6 Å². The third kappa shape index (κ3) is 2.16. The molecule has 0 aliphatic carbocycles. The Morgan fingerprint density at radius 1 is 1.20 bits per heavy atom. The average molecular weight is 222 g/mol. The van der Waals surface area contributed by atoms with E-state index in [-0.39, 0.29) is 0 Å². The van der Waals surface area contributed by atoms with Crippen molar-refractivity contribution in [2.75, 3.05) is 0 Å². The molecule has 1 aromatic heterocycles. The summed E-state index contributed by atoms with van der Waals surface area (Å²) < 4.78 is 13.0. The van der Waals surface area contributed by atoms with Crippen LogP contribution in [0.5, 0.6) is 0 Å². The largest absolute Gasteiger partial charge is 0.228 e. The van der Waals surface area contributed by atoms with Crippen molar-refractivity contribution in [1.82, 2.24) is 4.98 Å². The van der Waals surface area contributed by atoms with E-state index in [0.29, 0.717) is 5.02 Å². The van der Waals surface area contributed by atoms with Crippen LogP contribution < -0.4 is 0 Å². The summed E-state index contributed by atoms with van der Waals surface area (Å²) in [4.78, 5) is 3.59. The van der Waals surface area contributed by atoms with Gasteiger partial charge in [0.15, 0.2) is 0 Å². The van der Waals surface area contributed by atoms with E-state index < -0.39 is 5.95 Å². The van der Waals surface area contributed by atoms with E-state index >= 15 is 0 Å². The zero-order valence-corrected chi connectivity index (χ0v) is 8.92. The van der Waals surface area contributed by atoms with Crippen LogP contribution in [-0.2, 0) is 0 Å². The first-order valence-electron chi connectivity index (χ1n) is 4.55. The van der Waals surface area contributed by atoms with Crippen molar-refractivity contribution in [3.05, 3.63) is 53.1 Å². The molecule has 0 bridgehead atoms. The van der Waals surface area contributed by atoms with Crippen LogP contribution in [0.3, 0.4) is 0 Å². The van der Waals surface area contributed by atoms with Crippen LogP contribution in [0.25, 0.3) is 11.1 Å². The number of aromatic nitrogens is 1. The van der Waals surface area contributed by atoms with Crippen molar-refractivity contribution in [3.8, 4) is 11.1 Å². The molecule has 0 fully saturated rings. The molecule has 2 rings (SSSR count). The number of aryl methyl sites for hydroxylation is 1. The highest BCUT2D eigenvalue weighted by Crippen LogP contribution is 2.24. The van der Waals surface area contributed by atoms with Crippen LogP contribution in [-0.4, -0.2) is 4.98 Å². The van der Waals surface area contributed by atoms with Gasteiger partial charge in [-0.3, -0.25) is 0 Å². The number of pyridine rings is 1. The Balaban J connectivity index is 2.53. The summed E-state index contributed by atoms with van der Waals surface area (Å²) in [5.41, 5.74) is 2.73. The fourth-order valence-electron chi connectivity index (χ4n) is 1.44. The summed E-state index contributed by atoms with van der Waals surface area (Å²) >= 11 is 5.78. The van der Waals surface area contributed by atoms with E-state index in [9.17, 15) is 4.39 Å². The highest BCUT2D eigenvalue weighted by atomic mass is 35.5. The van der Waals surface area contributed by atoms with Crippen molar-refractivity contribution < 1.29 is 4.39 Å². The highest BCUT2D eigenvalue weighted by molar-refractivity contribution is 6.30. The van der Waals surface area contributed by atoms with Gasteiger partial charge in [0.25, 0.3) is 0 Å². The fraction of sp³-hybridized carbons (Fsp3) is 0.0833. The minimum Gasteiger partial charge on any atom is -0.228 e. The van der Waals surface area contributed by atoms with Gasteiger partial charge in [-0.15, -0.1) is 0 Å². The summed E-state index contributed by atoms with van der Waals surface area (Å²) in [5.74, 6) is -0.467. The van der Waals surface area contributed by atoms with Gasteiger partial charge < -0.3 is 0 Å². The second kappa shape index (κ2) is 3.99.